The Kier molecular flexibility index (Phi) is 3.97. The van der Waals surface area contributed by atoms with E-state index in [-0.39, 0.29) is 5.57 Å². The van der Waals surface area contributed by atoms with Crippen molar-refractivity contribution in [2.45, 2.75) is 13.8 Å². The van der Waals surface area contributed by atoms with Crippen LogP contribution >= 0.6 is 0 Å². The van der Waals surface area contributed by atoms with Crippen LogP contribution in [0.4, 0.5) is 0 Å². The summed E-state index contributed by atoms with van der Waals surface area (Å²) in [4.78, 5) is 10.7. The van der Waals surface area contributed by atoms with Crippen LogP contribution in [0.2, 0.25) is 0 Å². The van der Waals surface area contributed by atoms with E-state index in [9.17, 15) is 4.79 Å². The van der Waals surface area contributed by atoms with Gasteiger partial charge >= 0.3 is 5.97 Å². The molecular formula is C7H9NO2. The monoisotopic (exact) mass is 139 g/mol. The first-order chi connectivity index (χ1) is 4.76. The molecule has 10 heavy (non-hydrogen) atoms. The molecule has 0 aromatic heterocycles. The Hall–Kier alpha value is -1.30. The van der Waals surface area contributed by atoms with Crippen LogP contribution in [0.5, 0.6) is 0 Å². The number of hydrogen-bond acceptors (Lipinski definition) is 3. The van der Waals surface area contributed by atoms with Crippen LogP contribution in [-0.4, -0.2) is 12.6 Å². The molecule has 0 radical (unpaired) electrons. The molecule has 0 atom stereocenters. The first-order valence-corrected chi connectivity index (χ1v) is 2.99. The molecule has 0 spiro atoms. The van der Waals surface area contributed by atoms with Crippen molar-refractivity contribution in [3.05, 3.63) is 11.6 Å². The molecule has 0 aromatic rings. The quantitative estimate of drug-likeness (QED) is 0.326. The summed E-state index contributed by atoms with van der Waals surface area (Å²) < 4.78 is 4.56. The van der Waals surface area contributed by atoms with Gasteiger partial charge in [0.05, 0.1) is 6.61 Å². The minimum atomic E-state index is -0.549. The Morgan fingerprint density at radius 3 is 2.70 bits per heavy atom. The number of nitrogens with zero attached hydrogens (tertiary/aromatic N) is 1. The van der Waals surface area contributed by atoms with Crippen molar-refractivity contribution in [1.29, 1.82) is 5.26 Å². The molecule has 0 aromatic carbocycles. The molecule has 0 fully saturated rings. The third-order valence-electron chi connectivity index (χ3n) is 0.904. The van der Waals surface area contributed by atoms with Crippen molar-refractivity contribution in [2.75, 3.05) is 6.61 Å². The highest BCUT2D eigenvalue weighted by Crippen LogP contribution is 1.94. The van der Waals surface area contributed by atoms with Gasteiger partial charge < -0.3 is 4.74 Å². The Labute approximate surface area is 59.9 Å². The van der Waals surface area contributed by atoms with E-state index in [1.807, 2.05) is 0 Å². The summed E-state index contributed by atoms with van der Waals surface area (Å²) in [6.07, 6.45) is 1.43. The molecule has 0 heterocycles. The minimum Gasteiger partial charge on any atom is -0.462 e. The third-order valence-corrected chi connectivity index (χ3v) is 0.904. The standard InChI is InChI=1S/C7H9NO2/c1-3-6(5-8)7(9)10-4-2/h3H,4H2,1-2H3. The highest BCUT2D eigenvalue weighted by atomic mass is 16.5. The SMILES string of the molecule is CC=C(C#N)C(=O)OCC. The van der Waals surface area contributed by atoms with Gasteiger partial charge in [0.25, 0.3) is 0 Å². The van der Waals surface area contributed by atoms with Gasteiger partial charge in [0, 0.05) is 0 Å². The number of rotatable bonds is 2. The molecule has 0 aliphatic carbocycles. The van der Waals surface area contributed by atoms with E-state index in [2.05, 4.69) is 4.74 Å². The van der Waals surface area contributed by atoms with Crippen molar-refractivity contribution >= 4 is 5.97 Å². The smallest absolute Gasteiger partial charge is 0.348 e. The summed E-state index contributed by atoms with van der Waals surface area (Å²) in [5.41, 5.74) is 0.0573. The van der Waals surface area contributed by atoms with Crippen LogP contribution in [0.1, 0.15) is 13.8 Å². The minimum absolute atomic E-state index is 0.0573. The fourth-order valence-corrected chi connectivity index (χ4v) is 0.437. The second kappa shape index (κ2) is 4.57. The molecule has 54 valence electrons. The predicted molar refractivity (Wildman–Crippen MR) is 36.0 cm³/mol. The summed E-state index contributed by atoms with van der Waals surface area (Å²) >= 11 is 0. The first kappa shape index (κ1) is 8.70. The summed E-state index contributed by atoms with van der Waals surface area (Å²) in [5, 5.41) is 8.30. The lowest BCUT2D eigenvalue weighted by Crippen LogP contribution is -2.05. The van der Waals surface area contributed by atoms with Crippen molar-refractivity contribution in [3.63, 3.8) is 0 Å². The zero-order valence-electron chi connectivity index (χ0n) is 6.05. The van der Waals surface area contributed by atoms with E-state index in [0.717, 1.165) is 0 Å². The summed E-state index contributed by atoms with van der Waals surface area (Å²) in [5.74, 6) is -0.549. The normalized spacial score (nSPS) is 10.3. The van der Waals surface area contributed by atoms with Gasteiger partial charge in [-0.3, -0.25) is 0 Å². The molecule has 0 amide bonds. The van der Waals surface area contributed by atoms with E-state index in [0.29, 0.717) is 6.61 Å². The number of ether oxygens (including phenoxy) is 1. The van der Waals surface area contributed by atoms with Crippen molar-refractivity contribution in [3.8, 4) is 6.07 Å². The number of allylic oxidation sites excluding steroid dienone is 1. The first-order valence-electron chi connectivity index (χ1n) is 2.99. The van der Waals surface area contributed by atoms with Gasteiger partial charge in [-0.25, -0.2) is 4.79 Å². The van der Waals surface area contributed by atoms with E-state index < -0.39 is 5.97 Å². The maximum Gasteiger partial charge on any atom is 0.348 e. The fourth-order valence-electron chi connectivity index (χ4n) is 0.437. The molecule has 0 aliphatic heterocycles. The largest absolute Gasteiger partial charge is 0.462 e. The lowest BCUT2D eigenvalue weighted by atomic mass is 10.3. The Morgan fingerprint density at radius 2 is 2.40 bits per heavy atom. The lowest BCUT2D eigenvalue weighted by Gasteiger charge is -1.96. The zero-order valence-corrected chi connectivity index (χ0v) is 6.05. The number of carbonyl (C=O) groups is 1. The summed E-state index contributed by atoms with van der Waals surface area (Å²) in [6.45, 7) is 3.62. The molecular weight excluding hydrogens is 130 g/mol. The predicted octanol–water partition coefficient (Wildman–Crippen LogP) is 1.02. The van der Waals surface area contributed by atoms with Gasteiger partial charge in [-0.1, -0.05) is 6.08 Å². The molecule has 0 saturated carbocycles. The van der Waals surface area contributed by atoms with Crippen molar-refractivity contribution < 1.29 is 9.53 Å². The summed E-state index contributed by atoms with van der Waals surface area (Å²) in [7, 11) is 0. The highest BCUT2D eigenvalue weighted by molar-refractivity contribution is 5.92. The van der Waals surface area contributed by atoms with E-state index in [1.165, 1.54) is 6.08 Å². The van der Waals surface area contributed by atoms with Crippen LogP contribution in [0.25, 0.3) is 0 Å². The second-order valence-corrected chi connectivity index (χ2v) is 1.53. The van der Waals surface area contributed by atoms with Gasteiger partial charge in [0.15, 0.2) is 0 Å². The molecule has 3 nitrogen and oxygen atoms in total. The number of esters is 1. The molecule has 0 N–H and O–H groups in total. The Balaban J connectivity index is 4.08. The van der Waals surface area contributed by atoms with Gasteiger partial charge in [-0.05, 0) is 13.8 Å². The number of nitriles is 1. The molecule has 0 unspecified atom stereocenters. The molecule has 3 heteroatoms. The average Bonchev–Trinajstić information content (AvgIpc) is 1.91. The van der Waals surface area contributed by atoms with E-state index >= 15 is 0 Å². The second-order valence-electron chi connectivity index (χ2n) is 1.53. The molecule has 0 rings (SSSR count). The maximum absolute atomic E-state index is 10.7. The fraction of sp³-hybridized carbons (Fsp3) is 0.429. The van der Waals surface area contributed by atoms with E-state index in [1.54, 1.807) is 19.9 Å². The number of hydrogen-bond donors (Lipinski definition) is 0. The zero-order chi connectivity index (χ0) is 7.98. The molecule has 0 saturated heterocycles. The van der Waals surface area contributed by atoms with Crippen molar-refractivity contribution in [1.82, 2.24) is 0 Å². The topological polar surface area (TPSA) is 50.1 Å². The van der Waals surface area contributed by atoms with E-state index in [4.69, 9.17) is 5.26 Å². The summed E-state index contributed by atoms with van der Waals surface area (Å²) in [6, 6.07) is 1.72. The van der Waals surface area contributed by atoms with Crippen LogP contribution in [-0.2, 0) is 9.53 Å². The average molecular weight is 139 g/mol. The van der Waals surface area contributed by atoms with Gasteiger partial charge in [0.2, 0.25) is 0 Å². The Morgan fingerprint density at radius 1 is 1.80 bits per heavy atom. The van der Waals surface area contributed by atoms with Gasteiger partial charge in [0.1, 0.15) is 11.6 Å². The van der Waals surface area contributed by atoms with Gasteiger partial charge in [-0.15, -0.1) is 0 Å². The van der Waals surface area contributed by atoms with Crippen LogP contribution in [0, 0.1) is 11.3 Å². The third kappa shape index (κ3) is 2.31. The highest BCUT2D eigenvalue weighted by Gasteiger charge is 2.06. The van der Waals surface area contributed by atoms with Gasteiger partial charge in [-0.2, -0.15) is 5.26 Å². The van der Waals surface area contributed by atoms with Crippen LogP contribution < -0.4 is 0 Å². The van der Waals surface area contributed by atoms with Crippen LogP contribution in [0.3, 0.4) is 0 Å². The molecule has 0 bridgehead atoms. The lowest BCUT2D eigenvalue weighted by molar-refractivity contribution is -0.138. The van der Waals surface area contributed by atoms with Crippen LogP contribution in [0.15, 0.2) is 11.6 Å². The maximum atomic E-state index is 10.7. The number of carbonyl (C=O) groups excluding carboxylic acids is 1. The van der Waals surface area contributed by atoms with Crippen molar-refractivity contribution in [2.24, 2.45) is 0 Å². The molecule has 0 aliphatic rings. The Bertz CT molecular complexity index is 188.